The van der Waals surface area contributed by atoms with E-state index in [1.807, 2.05) is 0 Å². The van der Waals surface area contributed by atoms with Gasteiger partial charge < -0.3 is 16.0 Å². The van der Waals surface area contributed by atoms with Gasteiger partial charge in [0.15, 0.2) is 0 Å². The predicted octanol–water partition coefficient (Wildman–Crippen LogP) is 2.03. The molecule has 18 heavy (non-hydrogen) atoms. The largest absolute Gasteiger partial charge is 0.330 e. The van der Waals surface area contributed by atoms with Crippen molar-refractivity contribution in [3.05, 3.63) is 30.1 Å². The third-order valence-corrected chi connectivity index (χ3v) is 3.45. The lowest BCUT2D eigenvalue weighted by atomic mass is 9.90. The van der Waals surface area contributed by atoms with Crippen molar-refractivity contribution >= 4 is 11.7 Å². The minimum absolute atomic E-state index is 0.0213. The van der Waals surface area contributed by atoms with Crippen molar-refractivity contribution in [1.82, 2.24) is 4.90 Å². The molecule has 2 rings (SSSR count). The van der Waals surface area contributed by atoms with Crippen LogP contribution >= 0.6 is 0 Å². The standard InChI is InChI=1S/C13H18FN3O/c1-13(8-15)6-7-17(9-13)12(18)16-11-5-3-2-4-10(11)14/h2-5H,6-9,15H2,1H3,(H,16,18). The fraction of sp³-hybridized carbons (Fsp3) is 0.462. The number of likely N-dealkylation sites (tertiary alicyclic amines) is 1. The van der Waals surface area contributed by atoms with Crippen LogP contribution in [0.4, 0.5) is 14.9 Å². The van der Waals surface area contributed by atoms with Crippen molar-refractivity contribution in [2.45, 2.75) is 13.3 Å². The molecule has 0 aromatic heterocycles. The van der Waals surface area contributed by atoms with E-state index in [0.29, 0.717) is 19.6 Å². The number of nitrogens with two attached hydrogens (primary N) is 1. The van der Waals surface area contributed by atoms with Crippen molar-refractivity contribution in [2.24, 2.45) is 11.1 Å². The molecular formula is C13H18FN3O. The Morgan fingerprint density at radius 1 is 1.56 bits per heavy atom. The first-order chi connectivity index (χ1) is 8.54. The molecule has 3 N–H and O–H groups in total. The minimum Gasteiger partial charge on any atom is -0.330 e. The number of hydrogen-bond donors (Lipinski definition) is 2. The fourth-order valence-corrected chi connectivity index (χ4v) is 2.12. The number of urea groups is 1. The van der Waals surface area contributed by atoms with Crippen molar-refractivity contribution in [1.29, 1.82) is 0 Å². The Labute approximate surface area is 106 Å². The molecule has 0 bridgehead atoms. The number of nitrogens with zero attached hydrogens (tertiary/aromatic N) is 1. The number of halogens is 1. The van der Waals surface area contributed by atoms with E-state index in [9.17, 15) is 9.18 Å². The van der Waals surface area contributed by atoms with Gasteiger partial charge in [-0.25, -0.2) is 9.18 Å². The monoisotopic (exact) mass is 251 g/mol. The molecule has 1 aliphatic heterocycles. The Bertz CT molecular complexity index is 452. The number of hydrogen-bond acceptors (Lipinski definition) is 2. The molecule has 0 spiro atoms. The maximum Gasteiger partial charge on any atom is 0.321 e. The number of amides is 2. The number of carbonyl (C=O) groups excluding carboxylic acids is 1. The van der Waals surface area contributed by atoms with Crippen LogP contribution in [0.15, 0.2) is 24.3 Å². The van der Waals surface area contributed by atoms with E-state index in [0.717, 1.165) is 6.42 Å². The first kappa shape index (κ1) is 12.8. The second-order valence-corrected chi connectivity index (χ2v) is 5.10. The zero-order valence-electron chi connectivity index (χ0n) is 10.4. The fourth-order valence-electron chi connectivity index (χ4n) is 2.12. The van der Waals surface area contributed by atoms with Gasteiger partial charge in [-0.3, -0.25) is 0 Å². The van der Waals surface area contributed by atoms with E-state index in [1.54, 1.807) is 23.1 Å². The number of benzene rings is 1. The predicted molar refractivity (Wildman–Crippen MR) is 68.8 cm³/mol. The normalized spacial score (nSPS) is 23.2. The summed E-state index contributed by atoms with van der Waals surface area (Å²) in [5, 5.41) is 2.59. The highest BCUT2D eigenvalue weighted by molar-refractivity contribution is 5.89. The molecule has 1 saturated heterocycles. The molecule has 5 heteroatoms. The molecule has 1 aromatic rings. The first-order valence-electron chi connectivity index (χ1n) is 6.05. The summed E-state index contributed by atoms with van der Waals surface area (Å²) in [6.07, 6.45) is 0.883. The van der Waals surface area contributed by atoms with E-state index in [1.165, 1.54) is 6.07 Å². The second kappa shape index (κ2) is 4.94. The van der Waals surface area contributed by atoms with E-state index < -0.39 is 5.82 Å². The van der Waals surface area contributed by atoms with Crippen molar-refractivity contribution < 1.29 is 9.18 Å². The van der Waals surface area contributed by atoms with Gasteiger partial charge in [-0.15, -0.1) is 0 Å². The molecule has 1 heterocycles. The topological polar surface area (TPSA) is 58.4 Å². The Balaban J connectivity index is 2.00. The van der Waals surface area contributed by atoms with Crippen LogP contribution in [0.3, 0.4) is 0 Å². The Kier molecular flexibility index (Phi) is 3.52. The van der Waals surface area contributed by atoms with Crippen LogP contribution in [-0.2, 0) is 0 Å². The van der Waals surface area contributed by atoms with Crippen LogP contribution < -0.4 is 11.1 Å². The van der Waals surface area contributed by atoms with Crippen molar-refractivity contribution in [3.8, 4) is 0 Å². The van der Waals surface area contributed by atoms with E-state index in [2.05, 4.69) is 12.2 Å². The van der Waals surface area contributed by atoms with Crippen molar-refractivity contribution in [2.75, 3.05) is 25.0 Å². The molecule has 1 aliphatic rings. The van der Waals surface area contributed by atoms with E-state index >= 15 is 0 Å². The highest BCUT2D eigenvalue weighted by atomic mass is 19.1. The van der Waals surface area contributed by atoms with Gasteiger partial charge >= 0.3 is 6.03 Å². The molecule has 1 unspecified atom stereocenters. The number of carbonyl (C=O) groups is 1. The molecule has 1 aromatic carbocycles. The van der Waals surface area contributed by atoms with Crippen LogP contribution in [0.25, 0.3) is 0 Å². The molecule has 4 nitrogen and oxygen atoms in total. The summed E-state index contributed by atoms with van der Waals surface area (Å²) < 4.78 is 13.4. The maximum absolute atomic E-state index is 13.4. The van der Waals surface area contributed by atoms with Gasteiger partial charge in [0.2, 0.25) is 0 Å². The third-order valence-electron chi connectivity index (χ3n) is 3.45. The average molecular weight is 251 g/mol. The maximum atomic E-state index is 13.4. The molecule has 0 aliphatic carbocycles. The zero-order chi connectivity index (χ0) is 13.2. The molecule has 0 radical (unpaired) electrons. The average Bonchev–Trinajstić information content (AvgIpc) is 2.76. The number of para-hydroxylation sites is 1. The Morgan fingerprint density at radius 2 is 2.28 bits per heavy atom. The Hall–Kier alpha value is -1.62. The molecule has 0 saturated carbocycles. The summed E-state index contributed by atoms with van der Waals surface area (Å²) >= 11 is 0. The summed E-state index contributed by atoms with van der Waals surface area (Å²) in [5.74, 6) is -0.424. The van der Waals surface area contributed by atoms with Crippen molar-refractivity contribution in [3.63, 3.8) is 0 Å². The summed E-state index contributed by atoms with van der Waals surface area (Å²) in [6, 6.07) is 5.88. The Morgan fingerprint density at radius 3 is 2.89 bits per heavy atom. The number of rotatable bonds is 2. The molecule has 98 valence electrons. The smallest absolute Gasteiger partial charge is 0.321 e. The molecular weight excluding hydrogens is 233 g/mol. The summed E-state index contributed by atoms with van der Waals surface area (Å²) in [6.45, 7) is 3.89. The van der Waals surface area contributed by atoms with E-state index in [-0.39, 0.29) is 17.1 Å². The second-order valence-electron chi connectivity index (χ2n) is 5.10. The van der Waals surface area contributed by atoms with Crippen LogP contribution in [0.5, 0.6) is 0 Å². The van der Waals surface area contributed by atoms with Crippen LogP contribution in [-0.4, -0.2) is 30.6 Å². The van der Waals surface area contributed by atoms with Gasteiger partial charge in [0, 0.05) is 13.1 Å². The van der Waals surface area contributed by atoms with Crippen LogP contribution in [0, 0.1) is 11.2 Å². The van der Waals surface area contributed by atoms with Gasteiger partial charge in [0.1, 0.15) is 5.82 Å². The third kappa shape index (κ3) is 2.61. The lowest BCUT2D eigenvalue weighted by Gasteiger charge is -2.22. The first-order valence-corrected chi connectivity index (χ1v) is 6.05. The van der Waals surface area contributed by atoms with E-state index in [4.69, 9.17) is 5.73 Å². The molecule has 1 fully saturated rings. The minimum atomic E-state index is -0.424. The summed E-state index contributed by atoms with van der Waals surface area (Å²) in [5.41, 5.74) is 5.88. The van der Waals surface area contributed by atoms with Gasteiger partial charge in [0.25, 0.3) is 0 Å². The molecule has 2 amide bonds. The number of nitrogens with one attached hydrogen (secondary N) is 1. The quantitative estimate of drug-likeness (QED) is 0.845. The number of anilines is 1. The summed E-state index contributed by atoms with van der Waals surface area (Å²) in [7, 11) is 0. The van der Waals surface area contributed by atoms with Gasteiger partial charge in [0.05, 0.1) is 5.69 Å². The molecule has 1 atom stereocenters. The highest BCUT2D eigenvalue weighted by Gasteiger charge is 2.34. The van der Waals surface area contributed by atoms with Gasteiger partial charge in [-0.2, -0.15) is 0 Å². The van der Waals surface area contributed by atoms with Gasteiger partial charge in [-0.1, -0.05) is 19.1 Å². The highest BCUT2D eigenvalue weighted by Crippen LogP contribution is 2.28. The lowest BCUT2D eigenvalue weighted by Crippen LogP contribution is -2.37. The SMILES string of the molecule is CC1(CN)CCN(C(=O)Nc2ccccc2F)C1. The zero-order valence-corrected chi connectivity index (χ0v) is 10.4. The van der Waals surface area contributed by atoms with Crippen LogP contribution in [0.1, 0.15) is 13.3 Å². The summed E-state index contributed by atoms with van der Waals surface area (Å²) in [4.78, 5) is 13.7. The lowest BCUT2D eigenvalue weighted by molar-refractivity contribution is 0.215. The van der Waals surface area contributed by atoms with Crippen LogP contribution in [0.2, 0.25) is 0 Å². The van der Waals surface area contributed by atoms with Gasteiger partial charge in [-0.05, 0) is 30.5 Å².